The van der Waals surface area contributed by atoms with Crippen LogP contribution < -0.4 is 4.74 Å². The van der Waals surface area contributed by atoms with Gasteiger partial charge in [0, 0.05) is 37.2 Å². The number of Topliss-reactive ketones (excluding diaryl/α,β-unsaturated/α-hetero) is 1. The summed E-state index contributed by atoms with van der Waals surface area (Å²) in [5.41, 5.74) is 1.85. The van der Waals surface area contributed by atoms with Crippen LogP contribution in [0.25, 0.3) is 6.08 Å². The van der Waals surface area contributed by atoms with Crippen LogP contribution in [0.1, 0.15) is 28.4 Å². The van der Waals surface area contributed by atoms with Crippen molar-refractivity contribution >= 4 is 33.9 Å². The van der Waals surface area contributed by atoms with Crippen LogP contribution in [0.5, 0.6) is 11.5 Å². The quantitative estimate of drug-likeness (QED) is 0.656. The number of nitrogens with zero attached hydrogens (tertiary/aromatic N) is 2. The van der Waals surface area contributed by atoms with Crippen molar-refractivity contribution in [2.24, 2.45) is 0 Å². The summed E-state index contributed by atoms with van der Waals surface area (Å²) in [7, 11) is 0. The van der Waals surface area contributed by atoms with E-state index in [1.807, 2.05) is 24.3 Å². The van der Waals surface area contributed by atoms with Crippen molar-refractivity contribution in [2.45, 2.75) is 13.5 Å². The third-order valence-corrected chi connectivity index (χ3v) is 6.11. The second-order valence-electron chi connectivity index (χ2n) is 7.36. The zero-order valence-corrected chi connectivity index (χ0v) is 18.7. The van der Waals surface area contributed by atoms with Crippen LogP contribution >= 0.6 is 15.9 Å². The van der Waals surface area contributed by atoms with Crippen LogP contribution in [0.15, 0.2) is 46.6 Å². The van der Waals surface area contributed by atoms with E-state index in [9.17, 15) is 14.7 Å². The second-order valence-corrected chi connectivity index (χ2v) is 8.22. The predicted molar refractivity (Wildman–Crippen MR) is 119 cm³/mol. The zero-order valence-electron chi connectivity index (χ0n) is 17.1. The molecule has 2 aromatic carbocycles. The Labute approximate surface area is 189 Å². The molecule has 7 nitrogen and oxygen atoms in total. The van der Waals surface area contributed by atoms with Gasteiger partial charge in [0.05, 0.1) is 17.7 Å². The Morgan fingerprint density at radius 1 is 1.19 bits per heavy atom. The molecule has 4 rings (SSSR count). The number of ether oxygens (including phenoxy) is 2. The molecule has 0 aliphatic carbocycles. The van der Waals surface area contributed by atoms with E-state index in [0.29, 0.717) is 56.2 Å². The number of hydrogen-bond donors (Lipinski definition) is 1. The van der Waals surface area contributed by atoms with Gasteiger partial charge in [-0.15, -0.1) is 0 Å². The molecule has 0 saturated carbocycles. The molecule has 2 aromatic rings. The maximum Gasteiger partial charge on any atom is 0.409 e. The number of phenolic OH excluding ortho intramolecular Hbond substituents is 1. The minimum absolute atomic E-state index is 0.0847. The number of halogens is 1. The van der Waals surface area contributed by atoms with Gasteiger partial charge in [0.15, 0.2) is 5.76 Å². The maximum absolute atomic E-state index is 12.9. The molecular formula is C23H23BrN2O5. The van der Waals surface area contributed by atoms with Gasteiger partial charge in [-0.2, -0.15) is 0 Å². The second kappa shape index (κ2) is 9.11. The molecule has 1 saturated heterocycles. The number of allylic oxidation sites excluding steroid dienone is 1. The molecule has 0 atom stereocenters. The first kappa shape index (κ1) is 21.4. The monoisotopic (exact) mass is 486 g/mol. The normalized spacial score (nSPS) is 17.5. The number of ketones is 1. The number of carbonyl (C=O) groups is 2. The Morgan fingerprint density at radius 2 is 1.94 bits per heavy atom. The van der Waals surface area contributed by atoms with Crippen molar-refractivity contribution < 1.29 is 24.2 Å². The number of aromatic hydroxyl groups is 1. The van der Waals surface area contributed by atoms with E-state index in [0.717, 1.165) is 10.0 Å². The van der Waals surface area contributed by atoms with Crippen LogP contribution in [-0.2, 0) is 11.3 Å². The summed E-state index contributed by atoms with van der Waals surface area (Å²) in [6.45, 7) is 4.91. The van der Waals surface area contributed by atoms with Crippen molar-refractivity contribution in [1.29, 1.82) is 0 Å². The van der Waals surface area contributed by atoms with E-state index in [1.165, 1.54) is 6.07 Å². The molecule has 0 aromatic heterocycles. The number of benzene rings is 2. The summed E-state index contributed by atoms with van der Waals surface area (Å²) in [6.07, 6.45) is 1.40. The summed E-state index contributed by atoms with van der Waals surface area (Å²) >= 11 is 3.48. The van der Waals surface area contributed by atoms with E-state index in [4.69, 9.17) is 9.47 Å². The number of phenols is 1. The summed E-state index contributed by atoms with van der Waals surface area (Å²) in [5, 5.41) is 10.5. The van der Waals surface area contributed by atoms with Crippen molar-refractivity contribution in [1.82, 2.24) is 9.80 Å². The van der Waals surface area contributed by atoms with Gasteiger partial charge in [0.1, 0.15) is 11.5 Å². The fourth-order valence-corrected chi connectivity index (χ4v) is 4.11. The Morgan fingerprint density at radius 3 is 2.65 bits per heavy atom. The lowest BCUT2D eigenvalue weighted by atomic mass is 10.0. The minimum atomic E-state index is -0.304. The number of amides is 1. The lowest BCUT2D eigenvalue weighted by molar-refractivity contribution is 0.0774. The molecule has 8 heteroatoms. The SMILES string of the molecule is CCOC(=O)N1CCN(Cc2c(O)ccc3c2O/C(=C/c2ccccc2Br)C3=O)CC1. The van der Waals surface area contributed by atoms with Gasteiger partial charge in [-0.1, -0.05) is 34.1 Å². The fraction of sp³-hybridized carbons (Fsp3) is 0.304. The maximum atomic E-state index is 12.9. The van der Waals surface area contributed by atoms with E-state index >= 15 is 0 Å². The molecule has 0 bridgehead atoms. The van der Waals surface area contributed by atoms with Crippen LogP contribution in [-0.4, -0.2) is 59.6 Å². The van der Waals surface area contributed by atoms with Gasteiger partial charge in [-0.3, -0.25) is 9.69 Å². The van der Waals surface area contributed by atoms with E-state index in [-0.39, 0.29) is 23.4 Å². The van der Waals surface area contributed by atoms with Crippen molar-refractivity contribution in [3.8, 4) is 11.5 Å². The molecule has 1 fully saturated rings. The third kappa shape index (κ3) is 4.45. The van der Waals surface area contributed by atoms with Crippen LogP contribution in [0.4, 0.5) is 4.79 Å². The van der Waals surface area contributed by atoms with Gasteiger partial charge in [-0.25, -0.2) is 4.79 Å². The molecule has 1 amide bonds. The summed E-state index contributed by atoms with van der Waals surface area (Å²) in [5.74, 6) is 0.498. The minimum Gasteiger partial charge on any atom is -0.507 e. The van der Waals surface area contributed by atoms with Crippen LogP contribution in [0, 0.1) is 0 Å². The lowest BCUT2D eigenvalue weighted by Gasteiger charge is -2.34. The Kier molecular flexibility index (Phi) is 6.29. The number of rotatable bonds is 4. The van der Waals surface area contributed by atoms with Gasteiger partial charge in [-0.05, 0) is 36.8 Å². The first-order valence-corrected chi connectivity index (χ1v) is 10.9. The Hall–Kier alpha value is -2.84. The van der Waals surface area contributed by atoms with Crippen LogP contribution in [0.3, 0.4) is 0 Å². The van der Waals surface area contributed by atoms with E-state index in [2.05, 4.69) is 20.8 Å². The highest BCUT2D eigenvalue weighted by Crippen LogP contribution is 2.40. The zero-order chi connectivity index (χ0) is 22.0. The highest BCUT2D eigenvalue weighted by molar-refractivity contribution is 9.10. The largest absolute Gasteiger partial charge is 0.507 e. The molecule has 162 valence electrons. The van der Waals surface area contributed by atoms with Crippen LogP contribution in [0.2, 0.25) is 0 Å². The number of hydrogen-bond acceptors (Lipinski definition) is 6. The molecule has 31 heavy (non-hydrogen) atoms. The average molecular weight is 487 g/mol. The first-order chi connectivity index (χ1) is 15.0. The van der Waals surface area contributed by atoms with Gasteiger partial charge < -0.3 is 19.5 Å². The molecular weight excluding hydrogens is 464 g/mol. The van der Waals surface area contributed by atoms with Gasteiger partial charge in [0.2, 0.25) is 5.78 Å². The number of piperazine rings is 1. The number of carbonyl (C=O) groups excluding carboxylic acids is 2. The van der Waals surface area contributed by atoms with Crippen molar-refractivity contribution in [2.75, 3.05) is 32.8 Å². The van der Waals surface area contributed by atoms with Crippen molar-refractivity contribution in [3.05, 3.63) is 63.3 Å². The molecule has 0 unspecified atom stereocenters. The molecule has 1 N–H and O–H groups in total. The molecule has 2 heterocycles. The smallest absolute Gasteiger partial charge is 0.409 e. The predicted octanol–water partition coefficient (Wildman–Crippen LogP) is 4.05. The third-order valence-electron chi connectivity index (χ3n) is 5.39. The summed E-state index contributed by atoms with van der Waals surface area (Å²) in [6, 6.07) is 10.7. The highest BCUT2D eigenvalue weighted by Gasteiger charge is 2.32. The molecule has 2 aliphatic heterocycles. The Balaban J connectivity index is 1.52. The van der Waals surface area contributed by atoms with Crippen molar-refractivity contribution in [3.63, 3.8) is 0 Å². The summed E-state index contributed by atoms with van der Waals surface area (Å²) < 4.78 is 11.9. The lowest BCUT2D eigenvalue weighted by Crippen LogP contribution is -2.48. The van der Waals surface area contributed by atoms with Gasteiger partial charge >= 0.3 is 6.09 Å². The van der Waals surface area contributed by atoms with Gasteiger partial charge in [0.25, 0.3) is 0 Å². The highest BCUT2D eigenvalue weighted by atomic mass is 79.9. The van der Waals surface area contributed by atoms with E-state index in [1.54, 1.807) is 24.0 Å². The first-order valence-electron chi connectivity index (χ1n) is 10.2. The molecule has 0 radical (unpaired) electrons. The standard InChI is InChI=1S/C23H23BrN2O5/c1-2-30-23(29)26-11-9-25(10-12-26)14-17-19(27)8-7-16-21(28)20(31-22(16)17)13-15-5-3-4-6-18(15)24/h3-8,13,27H,2,9-12,14H2,1H3/b20-13+. The van der Waals surface area contributed by atoms with E-state index < -0.39 is 0 Å². The number of fused-ring (bicyclic) bond motifs is 1. The molecule has 0 spiro atoms. The Bertz CT molecular complexity index is 1040. The fourth-order valence-electron chi connectivity index (χ4n) is 3.71. The topological polar surface area (TPSA) is 79.3 Å². The average Bonchev–Trinajstić information content (AvgIpc) is 3.08. The summed E-state index contributed by atoms with van der Waals surface area (Å²) in [4.78, 5) is 28.6. The molecule has 2 aliphatic rings.